The summed E-state index contributed by atoms with van der Waals surface area (Å²) in [5.41, 5.74) is 2.10. The first kappa shape index (κ1) is 17.5. The molecule has 0 saturated carbocycles. The first-order chi connectivity index (χ1) is 11.6. The molecule has 0 aliphatic heterocycles. The second-order valence-electron chi connectivity index (χ2n) is 5.55. The predicted molar refractivity (Wildman–Crippen MR) is 99.0 cm³/mol. The molecule has 0 bridgehead atoms. The average molecular weight is 318 g/mol. The minimum atomic E-state index is -0.839. The number of rotatable bonds is 7. The van der Waals surface area contributed by atoms with Gasteiger partial charge in [0.05, 0.1) is 11.8 Å². The molecule has 0 radical (unpaired) electrons. The Morgan fingerprint density at radius 3 is 1.92 bits per heavy atom. The van der Waals surface area contributed by atoms with Crippen molar-refractivity contribution in [2.45, 2.75) is 18.8 Å². The molecule has 0 fully saturated rings. The van der Waals surface area contributed by atoms with Crippen LogP contribution in [0.25, 0.3) is 0 Å². The molecule has 2 rings (SSSR count). The Morgan fingerprint density at radius 2 is 1.54 bits per heavy atom. The summed E-state index contributed by atoms with van der Waals surface area (Å²) >= 11 is 0. The molecule has 122 valence electrons. The number of aliphatic carboxylic acids is 1. The molecule has 0 aliphatic carbocycles. The van der Waals surface area contributed by atoms with Gasteiger partial charge < -0.3 is 5.11 Å². The van der Waals surface area contributed by atoms with Crippen LogP contribution in [0.3, 0.4) is 0 Å². The van der Waals surface area contributed by atoms with Crippen molar-refractivity contribution in [3.63, 3.8) is 0 Å². The summed E-state index contributed by atoms with van der Waals surface area (Å²) in [6.45, 7) is 5.66. The van der Waals surface area contributed by atoms with Crippen LogP contribution in [-0.2, 0) is 10.2 Å². The van der Waals surface area contributed by atoms with Crippen molar-refractivity contribution in [1.29, 1.82) is 0 Å². The van der Waals surface area contributed by atoms with Crippen LogP contribution >= 0.6 is 0 Å². The number of hydrogen-bond donors (Lipinski definition) is 1. The van der Waals surface area contributed by atoms with E-state index in [0.717, 1.165) is 16.7 Å². The monoisotopic (exact) mass is 318 g/mol. The number of carboxylic acid groups (broad SMARTS) is 1. The molecular weight excluding hydrogens is 296 g/mol. The molecule has 2 nitrogen and oxygen atoms in total. The van der Waals surface area contributed by atoms with E-state index in [1.165, 1.54) is 0 Å². The molecule has 24 heavy (non-hydrogen) atoms. The van der Waals surface area contributed by atoms with Crippen LogP contribution in [0, 0.1) is 0 Å². The van der Waals surface area contributed by atoms with E-state index in [4.69, 9.17) is 0 Å². The highest BCUT2D eigenvalue weighted by Gasteiger charge is 2.38. The van der Waals surface area contributed by atoms with E-state index < -0.39 is 11.4 Å². The molecule has 0 unspecified atom stereocenters. The van der Waals surface area contributed by atoms with E-state index in [1.807, 2.05) is 85.8 Å². The van der Waals surface area contributed by atoms with E-state index >= 15 is 0 Å². The van der Waals surface area contributed by atoms with Gasteiger partial charge in [-0.25, -0.2) is 0 Å². The Hall–Kier alpha value is -2.87. The molecule has 0 aliphatic rings. The third kappa shape index (κ3) is 3.54. The zero-order valence-corrected chi connectivity index (χ0v) is 13.9. The van der Waals surface area contributed by atoms with Gasteiger partial charge in [0.2, 0.25) is 0 Å². The maximum Gasteiger partial charge on any atom is 0.304 e. The van der Waals surface area contributed by atoms with Crippen molar-refractivity contribution < 1.29 is 9.90 Å². The molecule has 0 aromatic heterocycles. The fourth-order valence-corrected chi connectivity index (χ4v) is 3.13. The van der Waals surface area contributed by atoms with Crippen molar-refractivity contribution in [3.8, 4) is 0 Å². The Labute approximate surface area is 143 Å². The fraction of sp³-hybridized carbons (Fsp3) is 0.136. The predicted octanol–water partition coefficient (Wildman–Crippen LogP) is 5.14. The Balaban J connectivity index is 2.81. The minimum absolute atomic E-state index is 0.0256. The van der Waals surface area contributed by atoms with Crippen LogP contribution in [0.5, 0.6) is 0 Å². The number of benzene rings is 2. The highest BCUT2D eigenvalue weighted by atomic mass is 16.4. The van der Waals surface area contributed by atoms with Crippen LogP contribution in [0.15, 0.2) is 97.1 Å². The zero-order chi connectivity index (χ0) is 17.4. The van der Waals surface area contributed by atoms with Gasteiger partial charge in [-0.1, -0.05) is 91.5 Å². The molecule has 0 heterocycles. The molecule has 2 aromatic carbocycles. The second kappa shape index (κ2) is 8.11. The third-order valence-electron chi connectivity index (χ3n) is 4.17. The summed E-state index contributed by atoms with van der Waals surface area (Å²) in [5.74, 6) is -0.839. The largest absolute Gasteiger partial charge is 0.481 e. The SMILES string of the molecule is C=C/C=C\C(=C/C)C(CC(=O)O)(c1ccccc1)c1ccccc1. The van der Waals surface area contributed by atoms with Gasteiger partial charge in [-0.15, -0.1) is 0 Å². The van der Waals surface area contributed by atoms with E-state index in [-0.39, 0.29) is 6.42 Å². The number of hydrogen-bond acceptors (Lipinski definition) is 1. The minimum Gasteiger partial charge on any atom is -0.481 e. The quantitative estimate of drug-likeness (QED) is 0.718. The summed E-state index contributed by atoms with van der Waals surface area (Å²) in [5, 5.41) is 9.67. The van der Waals surface area contributed by atoms with Gasteiger partial charge in [-0.3, -0.25) is 4.79 Å². The van der Waals surface area contributed by atoms with Crippen LogP contribution in [0.4, 0.5) is 0 Å². The van der Waals surface area contributed by atoms with Gasteiger partial charge in [0.25, 0.3) is 0 Å². The van der Waals surface area contributed by atoms with Crippen molar-refractivity contribution in [2.24, 2.45) is 0 Å². The second-order valence-corrected chi connectivity index (χ2v) is 5.55. The van der Waals surface area contributed by atoms with Crippen molar-refractivity contribution in [2.75, 3.05) is 0 Å². The normalized spacial score (nSPS) is 12.3. The van der Waals surface area contributed by atoms with Crippen molar-refractivity contribution in [3.05, 3.63) is 108 Å². The summed E-state index contributed by atoms with van der Waals surface area (Å²) < 4.78 is 0. The van der Waals surface area contributed by atoms with Gasteiger partial charge in [0.15, 0.2) is 0 Å². The van der Waals surface area contributed by atoms with E-state index in [1.54, 1.807) is 6.08 Å². The molecule has 0 spiro atoms. The third-order valence-corrected chi connectivity index (χ3v) is 4.17. The lowest BCUT2D eigenvalue weighted by Gasteiger charge is -2.35. The fourth-order valence-electron chi connectivity index (χ4n) is 3.13. The molecule has 2 heteroatoms. The van der Waals surface area contributed by atoms with Gasteiger partial charge in [0.1, 0.15) is 0 Å². The molecule has 0 atom stereocenters. The highest BCUT2D eigenvalue weighted by molar-refractivity contribution is 5.73. The summed E-state index contributed by atoms with van der Waals surface area (Å²) in [4.78, 5) is 11.8. The van der Waals surface area contributed by atoms with Crippen LogP contribution in [0.1, 0.15) is 24.5 Å². The van der Waals surface area contributed by atoms with Crippen LogP contribution < -0.4 is 0 Å². The van der Waals surface area contributed by atoms with E-state index in [9.17, 15) is 9.90 Å². The lowest BCUT2D eigenvalue weighted by atomic mass is 9.66. The Bertz CT molecular complexity index is 701. The molecule has 0 saturated heterocycles. The summed E-state index contributed by atoms with van der Waals surface area (Å²) in [6.07, 6.45) is 7.43. The first-order valence-electron chi connectivity index (χ1n) is 7.94. The van der Waals surface area contributed by atoms with E-state index in [0.29, 0.717) is 0 Å². The first-order valence-corrected chi connectivity index (χ1v) is 7.94. The highest BCUT2D eigenvalue weighted by Crippen LogP contribution is 2.43. The zero-order valence-electron chi connectivity index (χ0n) is 13.9. The average Bonchev–Trinajstić information content (AvgIpc) is 2.62. The van der Waals surface area contributed by atoms with Crippen molar-refractivity contribution in [1.82, 2.24) is 0 Å². The van der Waals surface area contributed by atoms with Crippen LogP contribution in [0.2, 0.25) is 0 Å². The molecule has 0 amide bonds. The summed E-state index contributed by atoms with van der Waals surface area (Å²) in [6, 6.07) is 19.6. The molecular formula is C22H22O2. The van der Waals surface area contributed by atoms with E-state index in [2.05, 4.69) is 6.58 Å². The van der Waals surface area contributed by atoms with Gasteiger partial charge in [-0.05, 0) is 23.6 Å². The maximum absolute atomic E-state index is 11.8. The standard InChI is InChI=1S/C22H22O2/c1-3-5-12-18(4-2)22(17-21(23)24,19-13-8-6-9-14-19)20-15-10-7-11-16-20/h3-16H,1,17H2,2H3,(H,23,24)/b12-5-,18-4+. The van der Waals surface area contributed by atoms with Crippen LogP contribution in [-0.4, -0.2) is 11.1 Å². The number of carbonyl (C=O) groups is 1. The van der Waals surface area contributed by atoms with Crippen molar-refractivity contribution >= 4 is 5.97 Å². The topological polar surface area (TPSA) is 37.3 Å². The van der Waals surface area contributed by atoms with Gasteiger partial charge >= 0.3 is 5.97 Å². The maximum atomic E-state index is 11.8. The van der Waals surface area contributed by atoms with Gasteiger partial charge in [0, 0.05) is 0 Å². The van der Waals surface area contributed by atoms with Gasteiger partial charge in [-0.2, -0.15) is 0 Å². The summed E-state index contributed by atoms with van der Waals surface area (Å²) in [7, 11) is 0. The number of allylic oxidation sites excluding steroid dienone is 5. The number of carboxylic acids is 1. The lowest BCUT2D eigenvalue weighted by molar-refractivity contribution is -0.137. The smallest absolute Gasteiger partial charge is 0.304 e. The molecule has 2 aromatic rings. The Kier molecular flexibility index (Phi) is 5.91. The molecule has 1 N–H and O–H groups in total. The lowest BCUT2D eigenvalue weighted by Crippen LogP contribution is -2.32. The Morgan fingerprint density at radius 1 is 1.04 bits per heavy atom.